The Hall–Kier alpha value is -1.50. The maximum absolute atomic E-state index is 11.5. The highest BCUT2D eigenvalue weighted by Crippen LogP contribution is 2.30. The number of hydrogen-bond acceptors (Lipinski definition) is 5. The van der Waals surface area contributed by atoms with E-state index in [1.165, 1.54) is 12.6 Å². The third-order valence-electron chi connectivity index (χ3n) is 4.88. The zero-order valence-corrected chi connectivity index (χ0v) is 13.6. The highest BCUT2D eigenvalue weighted by Gasteiger charge is 2.32. The molecule has 1 aromatic rings. The summed E-state index contributed by atoms with van der Waals surface area (Å²) >= 11 is 0. The minimum atomic E-state index is -0.505. The Kier molecular flexibility index (Phi) is 5.25. The van der Waals surface area contributed by atoms with Gasteiger partial charge in [-0.25, -0.2) is 5.48 Å². The van der Waals surface area contributed by atoms with E-state index in [1.54, 1.807) is 5.48 Å². The van der Waals surface area contributed by atoms with Crippen LogP contribution < -0.4 is 5.48 Å². The maximum atomic E-state index is 11.5. The van der Waals surface area contributed by atoms with Crippen LogP contribution in [0.15, 0.2) is 12.3 Å². The lowest BCUT2D eigenvalue weighted by Crippen LogP contribution is -2.39. The first-order valence-corrected chi connectivity index (χ1v) is 8.49. The maximum Gasteiger partial charge on any atom is 0.276 e. The van der Waals surface area contributed by atoms with Crippen LogP contribution in [-0.2, 0) is 17.7 Å². The number of carbonyl (C=O) groups excluding carboxylic acids is 1. The van der Waals surface area contributed by atoms with Crippen molar-refractivity contribution >= 4 is 5.91 Å². The largest absolute Gasteiger partial charge is 0.378 e. The zero-order valence-electron chi connectivity index (χ0n) is 13.6. The molecule has 1 saturated carbocycles. The van der Waals surface area contributed by atoms with Crippen molar-refractivity contribution in [3.8, 4) is 0 Å². The standard InChI is InChI=1S/C17H25N3O3/c1-2-7-23-15-4-3-14(9-15)20-6-5-12-8-13(17(21)19-22)10-18-16(12)11-20/h8,10,14-15,22H,2-7,9,11H2,1H3,(H,19,21). The summed E-state index contributed by atoms with van der Waals surface area (Å²) in [6.07, 6.45) is 7.37. The van der Waals surface area contributed by atoms with Crippen LogP contribution in [-0.4, -0.2) is 46.3 Å². The Labute approximate surface area is 136 Å². The summed E-state index contributed by atoms with van der Waals surface area (Å²) in [6, 6.07) is 2.42. The SMILES string of the molecule is CCCOC1CCC(N2CCc3cc(C(=O)NO)cnc3C2)C1. The molecule has 1 aromatic heterocycles. The van der Waals surface area contributed by atoms with Crippen LogP contribution in [0.25, 0.3) is 0 Å². The predicted molar refractivity (Wildman–Crippen MR) is 85.3 cm³/mol. The number of fused-ring (bicyclic) bond motifs is 1. The van der Waals surface area contributed by atoms with Gasteiger partial charge >= 0.3 is 0 Å². The molecular formula is C17H25N3O3. The highest BCUT2D eigenvalue weighted by atomic mass is 16.5. The molecule has 0 radical (unpaired) electrons. The number of hydroxylamine groups is 1. The molecule has 1 fully saturated rings. The second-order valence-corrected chi connectivity index (χ2v) is 6.45. The topological polar surface area (TPSA) is 74.7 Å². The van der Waals surface area contributed by atoms with Gasteiger partial charge in [-0.15, -0.1) is 0 Å². The number of aromatic nitrogens is 1. The van der Waals surface area contributed by atoms with Gasteiger partial charge in [0, 0.05) is 31.9 Å². The molecule has 3 rings (SSSR count). The number of nitrogens with zero attached hydrogens (tertiary/aromatic N) is 2. The number of ether oxygens (including phenoxy) is 1. The monoisotopic (exact) mass is 319 g/mol. The molecule has 2 N–H and O–H groups in total. The first-order chi connectivity index (χ1) is 11.2. The number of carbonyl (C=O) groups is 1. The van der Waals surface area contributed by atoms with Gasteiger partial charge in [-0.05, 0) is 43.7 Å². The summed E-state index contributed by atoms with van der Waals surface area (Å²) < 4.78 is 5.89. The van der Waals surface area contributed by atoms with Crippen LogP contribution in [0.3, 0.4) is 0 Å². The lowest BCUT2D eigenvalue weighted by atomic mass is 10.0. The molecule has 2 heterocycles. The number of rotatable bonds is 5. The lowest BCUT2D eigenvalue weighted by Gasteiger charge is -2.33. The fraction of sp³-hybridized carbons (Fsp3) is 0.647. The fourth-order valence-electron chi connectivity index (χ4n) is 3.62. The highest BCUT2D eigenvalue weighted by molar-refractivity contribution is 5.93. The van der Waals surface area contributed by atoms with Gasteiger partial charge in [-0.1, -0.05) is 6.92 Å². The molecular weight excluding hydrogens is 294 g/mol. The van der Waals surface area contributed by atoms with Crippen LogP contribution in [0, 0.1) is 0 Å². The molecule has 2 unspecified atom stereocenters. The lowest BCUT2D eigenvalue weighted by molar-refractivity contribution is 0.0505. The van der Waals surface area contributed by atoms with Gasteiger partial charge < -0.3 is 4.74 Å². The Balaban J connectivity index is 1.61. The van der Waals surface area contributed by atoms with E-state index in [0.717, 1.165) is 56.6 Å². The van der Waals surface area contributed by atoms with Crippen molar-refractivity contribution in [2.75, 3.05) is 13.2 Å². The molecule has 1 aliphatic carbocycles. The van der Waals surface area contributed by atoms with E-state index < -0.39 is 5.91 Å². The van der Waals surface area contributed by atoms with E-state index in [1.807, 2.05) is 6.07 Å². The Bertz CT molecular complexity index is 564. The van der Waals surface area contributed by atoms with Gasteiger partial charge in [0.1, 0.15) is 0 Å². The molecule has 0 saturated heterocycles. The third-order valence-corrected chi connectivity index (χ3v) is 4.88. The van der Waals surface area contributed by atoms with E-state index in [0.29, 0.717) is 17.7 Å². The zero-order chi connectivity index (χ0) is 16.2. The van der Waals surface area contributed by atoms with E-state index in [9.17, 15) is 4.79 Å². The summed E-state index contributed by atoms with van der Waals surface area (Å²) in [4.78, 5) is 18.4. The average Bonchev–Trinajstić information content (AvgIpc) is 3.07. The molecule has 126 valence electrons. The van der Waals surface area contributed by atoms with Crippen LogP contribution >= 0.6 is 0 Å². The van der Waals surface area contributed by atoms with E-state index in [4.69, 9.17) is 9.94 Å². The molecule has 0 aromatic carbocycles. The van der Waals surface area contributed by atoms with Crippen molar-refractivity contribution in [2.24, 2.45) is 0 Å². The minimum absolute atomic E-state index is 0.407. The van der Waals surface area contributed by atoms with Crippen molar-refractivity contribution in [3.05, 3.63) is 29.1 Å². The van der Waals surface area contributed by atoms with Gasteiger partial charge in [-0.3, -0.25) is 19.9 Å². The summed E-state index contributed by atoms with van der Waals surface area (Å²) in [7, 11) is 0. The van der Waals surface area contributed by atoms with E-state index >= 15 is 0 Å². The van der Waals surface area contributed by atoms with Crippen LogP contribution in [0.1, 0.15) is 54.2 Å². The molecule has 6 nitrogen and oxygen atoms in total. The minimum Gasteiger partial charge on any atom is -0.378 e. The van der Waals surface area contributed by atoms with Gasteiger partial charge in [0.15, 0.2) is 0 Å². The molecule has 6 heteroatoms. The second kappa shape index (κ2) is 7.38. The van der Waals surface area contributed by atoms with Gasteiger partial charge in [-0.2, -0.15) is 0 Å². The first-order valence-electron chi connectivity index (χ1n) is 8.49. The van der Waals surface area contributed by atoms with Crippen molar-refractivity contribution in [2.45, 2.75) is 57.7 Å². The van der Waals surface area contributed by atoms with Gasteiger partial charge in [0.2, 0.25) is 0 Å². The number of hydrogen-bond donors (Lipinski definition) is 2. The molecule has 23 heavy (non-hydrogen) atoms. The van der Waals surface area contributed by atoms with E-state index in [-0.39, 0.29) is 0 Å². The Morgan fingerprint density at radius 3 is 3.17 bits per heavy atom. The molecule has 2 atom stereocenters. The van der Waals surface area contributed by atoms with Crippen molar-refractivity contribution in [1.29, 1.82) is 0 Å². The van der Waals surface area contributed by atoms with Gasteiger partial charge in [0.25, 0.3) is 5.91 Å². The fourth-order valence-corrected chi connectivity index (χ4v) is 3.62. The van der Waals surface area contributed by atoms with Crippen molar-refractivity contribution < 1.29 is 14.7 Å². The number of nitrogens with one attached hydrogen (secondary N) is 1. The molecule has 0 bridgehead atoms. The van der Waals surface area contributed by atoms with Crippen molar-refractivity contribution in [3.63, 3.8) is 0 Å². The molecule has 1 aliphatic heterocycles. The predicted octanol–water partition coefficient (Wildman–Crippen LogP) is 1.91. The van der Waals surface area contributed by atoms with Crippen LogP contribution in [0.4, 0.5) is 0 Å². The van der Waals surface area contributed by atoms with E-state index in [2.05, 4.69) is 16.8 Å². The average molecular weight is 319 g/mol. The van der Waals surface area contributed by atoms with Crippen molar-refractivity contribution in [1.82, 2.24) is 15.4 Å². The summed E-state index contributed by atoms with van der Waals surface area (Å²) in [6.45, 7) is 4.83. The summed E-state index contributed by atoms with van der Waals surface area (Å²) in [5.41, 5.74) is 4.23. The summed E-state index contributed by atoms with van der Waals surface area (Å²) in [5.74, 6) is -0.505. The molecule has 2 aliphatic rings. The Morgan fingerprint density at radius 1 is 1.52 bits per heavy atom. The molecule has 1 amide bonds. The third kappa shape index (κ3) is 3.71. The number of pyridine rings is 1. The van der Waals surface area contributed by atoms with Gasteiger partial charge in [0.05, 0.1) is 17.4 Å². The quantitative estimate of drug-likeness (QED) is 0.640. The van der Waals surface area contributed by atoms with Crippen LogP contribution in [0.5, 0.6) is 0 Å². The summed E-state index contributed by atoms with van der Waals surface area (Å²) in [5, 5.41) is 8.72. The second-order valence-electron chi connectivity index (χ2n) is 6.45. The first kappa shape index (κ1) is 16.4. The normalized spacial score (nSPS) is 24.4. The Morgan fingerprint density at radius 2 is 2.39 bits per heavy atom. The molecule has 0 spiro atoms. The van der Waals surface area contributed by atoms with Crippen LogP contribution in [0.2, 0.25) is 0 Å². The number of amides is 1. The smallest absolute Gasteiger partial charge is 0.276 e.